The van der Waals surface area contributed by atoms with Gasteiger partial charge in [0.1, 0.15) is 0 Å². The van der Waals surface area contributed by atoms with E-state index >= 15 is 0 Å². The zero-order chi connectivity index (χ0) is 12.6. The van der Waals surface area contributed by atoms with Gasteiger partial charge >= 0.3 is 0 Å². The number of hydrogen-bond donors (Lipinski definition) is 2. The Kier molecular flexibility index (Phi) is 7.54. The van der Waals surface area contributed by atoms with Gasteiger partial charge in [0.2, 0.25) is 11.8 Å². The second-order valence-corrected chi connectivity index (χ2v) is 4.31. The van der Waals surface area contributed by atoms with Gasteiger partial charge in [-0.15, -0.1) is 0 Å². The van der Waals surface area contributed by atoms with E-state index in [1.807, 2.05) is 20.8 Å². The molecule has 0 radical (unpaired) electrons. The van der Waals surface area contributed by atoms with Crippen molar-refractivity contribution in [1.29, 1.82) is 0 Å². The van der Waals surface area contributed by atoms with Crippen molar-refractivity contribution in [3.63, 3.8) is 0 Å². The molecule has 0 rings (SSSR count). The highest BCUT2D eigenvalue weighted by molar-refractivity contribution is 5.84. The van der Waals surface area contributed by atoms with E-state index in [1.54, 1.807) is 0 Å². The molecule has 16 heavy (non-hydrogen) atoms. The molecule has 0 spiro atoms. The van der Waals surface area contributed by atoms with Crippen molar-refractivity contribution < 1.29 is 9.59 Å². The molecular formula is C11H23N3O2. The Balaban J connectivity index is 4.15. The third-order valence-corrected chi connectivity index (χ3v) is 1.99. The first kappa shape index (κ1) is 14.9. The van der Waals surface area contributed by atoms with Crippen molar-refractivity contribution >= 4 is 11.8 Å². The quantitative estimate of drug-likeness (QED) is 0.573. The van der Waals surface area contributed by atoms with E-state index in [1.165, 1.54) is 4.90 Å². The monoisotopic (exact) mass is 229 g/mol. The molecule has 0 aromatic carbocycles. The van der Waals surface area contributed by atoms with Gasteiger partial charge in [0.05, 0.1) is 13.1 Å². The molecule has 5 nitrogen and oxygen atoms in total. The van der Waals surface area contributed by atoms with Crippen LogP contribution in [-0.2, 0) is 9.59 Å². The number of primary amides is 1. The Labute approximate surface area is 97.4 Å². The Hall–Kier alpha value is -1.10. The summed E-state index contributed by atoms with van der Waals surface area (Å²) >= 11 is 0. The summed E-state index contributed by atoms with van der Waals surface area (Å²) < 4.78 is 0. The standard InChI is InChI=1S/C11H23N3O2/c1-4-5-13-6-11(16)14(7-9(2)3)8-10(12)15/h9,13H,4-8H2,1-3H3,(H2,12,15). The Morgan fingerprint density at radius 2 is 2.00 bits per heavy atom. The van der Waals surface area contributed by atoms with Crippen LogP contribution >= 0.6 is 0 Å². The predicted octanol–water partition coefficient (Wildman–Crippen LogP) is -0.0441. The van der Waals surface area contributed by atoms with Crippen LogP contribution in [0.3, 0.4) is 0 Å². The van der Waals surface area contributed by atoms with Crippen molar-refractivity contribution in [2.45, 2.75) is 27.2 Å². The summed E-state index contributed by atoms with van der Waals surface area (Å²) in [7, 11) is 0. The van der Waals surface area contributed by atoms with E-state index < -0.39 is 5.91 Å². The van der Waals surface area contributed by atoms with Crippen LogP contribution in [0.1, 0.15) is 27.2 Å². The molecule has 0 fully saturated rings. The van der Waals surface area contributed by atoms with Gasteiger partial charge in [-0.25, -0.2) is 0 Å². The first-order valence-electron chi connectivity index (χ1n) is 5.74. The first-order chi connectivity index (χ1) is 7.47. The highest BCUT2D eigenvalue weighted by atomic mass is 16.2. The summed E-state index contributed by atoms with van der Waals surface area (Å²) in [5.74, 6) is -0.208. The largest absolute Gasteiger partial charge is 0.368 e. The number of amides is 2. The topological polar surface area (TPSA) is 75.4 Å². The highest BCUT2D eigenvalue weighted by Gasteiger charge is 2.16. The van der Waals surface area contributed by atoms with Crippen LogP contribution in [0.4, 0.5) is 0 Å². The molecule has 94 valence electrons. The molecule has 3 N–H and O–H groups in total. The fourth-order valence-corrected chi connectivity index (χ4v) is 1.37. The minimum absolute atomic E-state index is 0.00478. The fourth-order valence-electron chi connectivity index (χ4n) is 1.37. The maximum absolute atomic E-state index is 11.7. The average molecular weight is 229 g/mol. The predicted molar refractivity (Wildman–Crippen MR) is 63.8 cm³/mol. The van der Waals surface area contributed by atoms with Crippen LogP contribution < -0.4 is 11.1 Å². The number of nitrogens with two attached hydrogens (primary N) is 1. The van der Waals surface area contributed by atoms with Crippen molar-refractivity contribution in [3.05, 3.63) is 0 Å². The van der Waals surface area contributed by atoms with Crippen LogP contribution in [0.25, 0.3) is 0 Å². The lowest BCUT2D eigenvalue weighted by Gasteiger charge is -2.23. The zero-order valence-corrected chi connectivity index (χ0v) is 10.5. The average Bonchev–Trinajstić information content (AvgIpc) is 2.15. The maximum atomic E-state index is 11.7. The SMILES string of the molecule is CCCNCC(=O)N(CC(N)=O)CC(C)C. The molecule has 5 heteroatoms. The molecule has 0 bridgehead atoms. The minimum atomic E-state index is -0.468. The number of rotatable bonds is 8. The minimum Gasteiger partial charge on any atom is -0.368 e. The van der Waals surface area contributed by atoms with Crippen LogP contribution in [0.2, 0.25) is 0 Å². The van der Waals surface area contributed by atoms with Gasteiger partial charge in [0.25, 0.3) is 0 Å². The number of carbonyl (C=O) groups excluding carboxylic acids is 2. The summed E-state index contributed by atoms with van der Waals surface area (Å²) in [4.78, 5) is 24.1. The zero-order valence-electron chi connectivity index (χ0n) is 10.5. The van der Waals surface area contributed by atoms with E-state index in [4.69, 9.17) is 5.73 Å². The number of nitrogens with zero attached hydrogens (tertiary/aromatic N) is 1. The molecule has 0 aliphatic rings. The summed E-state index contributed by atoms with van der Waals surface area (Å²) in [6.45, 7) is 7.68. The summed E-state index contributed by atoms with van der Waals surface area (Å²) in [5, 5.41) is 3.02. The van der Waals surface area contributed by atoms with Crippen LogP contribution in [0, 0.1) is 5.92 Å². The van der Waals surface area contributed by atoms with E-state index in [0.29, 0.717) is 12.5 Å². The third-order valence-electron chi connectivity index (χ3n) is 1.99. The molecule has 0 atom stereocenters. The second kappa shape index (κ2) is 8.10. The van der Waals surface area contributed by atoms with E-state index in [0.717, 1.165) is 13.0 Å². The van der Waals surface area contributed by atoms with Gasteiger partial charge in [-0.1, -0.05) is 20.8 Å². The third kappa shape index (κ3) is 7.23. The molecule has 0 saturated carbocycles. The smallest absolute Gasteiger partial charge is 0.237 e. The van der Waals surface area contributed by atoms with Gasteiger partial charge in [0, 0.05) is 6.54 Å². The number of hydrogen-bond acceptors (Lipinski definition) is 3. The second-order valence-electron chi connectivity index (χ2n) is 4.31. The van der Waals surface area contributed by atoms with Gasteiger partial charge in [-0.05, 0) is 18.9 Å². The van der Waals surface area contributed by atoms with Gasteiger partial charge < -0.3 is 16.0 Å². The lowest BCUT2D eigenvalue weighted by atomic mass is 10.2. The van der Waals surface area contributed by atoms with Crippen LogP contribution in [0.15, 0.2) is 0 Å². The molecule has 0 heterocycles. The van der Waals surface area contributed by atoms with E-state index in [-0.39, 0.29) is 19.0 Å². The van der Waals surface area contributed by atoms with Crippen molar-refractivity contribution in [2.75, 3.05) is 26.2 Å². The van der Waals surface area contributed by atoms with Crippen molar-refractivity contribution in [3.8, 4) is 0 Å². The fraction of sp³-hybridized carbons (Fsp3) is 0.818. The lowest BCUT2D eigenvalue weighted by molar-refractivity contribution is -0.134. The number of nitrogens with one attached hydrogen (secondary N) is 1. The lowest BCUT2D eigenvalue weighted by Crippen LogP contribution is -2.44. The van der Waals surface area contributed by atoms with E-state index in [9.17, 15) is 9.59 Å². The maximum Gasteiger partial charge on any atom is 0.237 e. The molecule has 0 unspecified atom stereocenters. The normalized spacial score (nSPS) is 10.5. The summed E-state index contributed by atoms with van der Waals surface area (Å²) in [6, 6.07) is 0. The van der Waals surface area contributed by atoms with Crippen molar-refractivity contribution in [2.24, 2.45) is 11.7 Å². The first-order valence-corrected chi connectivity index (χ1v) is 5.74. The molecule has 0 aromatic rings. The van der Waals surface area contributed by atoms with Gasteiger partial charge in [-0.3, -0.25) is 9.59 Å². The highest BCUT2D eigenvalue weighted by Crippen LogP contribution is 1.98. The molecular weight excluding hydrogens is 206 g/mol. The van der Waals surface area contributed by atoms with Crippen LogP contribution in [-0.4, -0.2) is 42.9 Å². The summed E-state index contributed by atoms with van der Waals surface area (Å²) in [6.07, 6.45) is 0.979. The van der Waals surface area contributed by atoms with Gasteiger partial charge in [-0.2, -0.15) is 0 Å². The molecule has 2 amide bonds. The van der Waals surface area contributed by atoms with Crippen molar-refractivity contribution in [1.82, 2.24) is 10.2 Å². The Morgan fingerprint density at radius 1 is 1.38 bits per heavy atom. The molecule has 0 aliphatic heterocycles. The molecule has 0 aliphatic carbocycles. The Morgan fingerprint density at radius 3 is 2.44 bits per heavy atom. The van der Waals surface area contributed by atoms with Crippen LogP contribution in [0.5, 0.6) is 0 Å². The molecule has 0 saturated heterocycles. The number of carbonyl (C=O) groups is 2. The summed E-state index contributed by atoms with van der Waals surface area (Å²) in [5.41, 5.74) is 5.11. The Bertz CT molecular complexity index is 229. The van der Waals surface area contributed by atoms with Gasteiger partial charge in [0.15, 0.2) is 0 Å². The van der Waals surface area contributed by atoms with E-state index in [2.05, 4.69) is 5.32 Å². The molecule has 0 aromatic heterocycles.